The Bertz CT molecular complexity index is 833. The minimum atomic E-state index is -0.188. The molecule has 6 nitrogen and oxygen atoms in total. The van der Waals surface area contributed by atoms with Gasteiger partial charge in [-0.05, 0) is 24.8 Å². The van der Waals surface area contributed by atoms with Crippen molar-refractivity contribution in [3.05, 3.63) is 30.4 Å². The van der Waals surface area contributed by atoms with Gasteiger partial charge >= 0.3 is 0 Å². The molecule has 0 spiro atoms. The van der Waals surface area contributed by atoms with Gasteiger partial charge in [-0.3, -0.25) is 9.20 Å². The predicted octanol–water partition coefficient (Wildman–Crippen LogP) is 1.83. The summed E-state index contributed by atoms with van der Waals surface area (Å²) in [5.41, 5.74) is 9.34. The summed E-state index contributed by atoms with van der Waals surface area (Å²) < 4.78 is 2.14. The zero-order valence-electron chi connectivity index (χ0n) is 11.8. The molecule has 3 N–H and O–H groups in total. The number of nitrogens with zero attached hydrogens (tertiary/aromatic N) is 3. The molecular formula is C15H17N5O. The summed E-state index contributed by atoms with van der Waals surface area (Å²) in [5.74, 6) is 0.508. The number of carbonyl (C=O) groups excluding carboxylic acids is 1. The standard InChI is InChI=1S/C15H17N5O/c1-8-4-9(14(16)21)5-10(8)12-6-18-13-7-19-15-11(20(12)13)2-3-17-15/h2-3,6-10,17H,4-5H2,1H3,(H2,16,21)/t8-,9+,10+/m1/s1. The molecule has 0 bridgehead atoms. The molecule has 0 aliphatic heterocycles. The number of imidazole rings is 1. The maximum atomic E-state index is 11.5. The summed E-state index contributed by atoms with van der Waals surface area (Å²) in [6.45, 7) is 2.18. The van der Waals surface area contributed by atoms with Gasteiger partial charge in [0.2, 0.25) is 5.91 Å². The Kier molecular flexibility index (Phi) is 2.54. The Hall–Kier alpha value is -2.37. The highest BCUT2D eigenvalue weighted by Crippen LogP contribution is 2.43. The quantitative estimate of drug-likeness (QED) is 0.752. The van der Waals surface area contributed by atoms with Crippen LogP contribution < -0.4 is 5.73 Å². The molecular weight excluding hydrogens is 266 g/mol. The van der Waals surface area contributed by atoms with E-state index in [1.807, 2.05) is 18.5 Å². The van der Waals surface area contributed by atoms with Crippen LogP contribution in [0.5, 0.6) is 0 Å². The summed E-state index contributed by atoms with van der Waals surface area (Å²) in [4.78, 5) is 23.4. The van der Waals surface area contributed by atoms with Crippen LogP contribution in [0.25, 0.3) is 16.8 Å². The first-order valence-electron chi connectivity index (χ1n) is 7.24. The van der Waals surface area contributed by atoms with Gasteiger partial charge in [-0.2, -0.15) is 0 Å². The molecule has 0 saturated heterocycles. The van der Waals surface area contributed by atoms with Crippen molar-refractivity contribution in [2.45, 2.75) is 25.7 Å². The number of aromatic nitrogens is 4. The lowest BCUT2D eigenvalue weighted by molar-refractivity contribution is -0.121. The highest BCUT2D eigenvalue weighted by atomic mass is 16.1. The van der Waals surface area contributed by atoms with Crippen molar-refractivity contribution in [2.24, 2.45) is 17.6 Å². The number of hydrogen-bond acceptors (Lipinski definition) is 3. The molecule has 4 rings (SSSR count). The van der Waals surface area contributed by atoms with E-state index in [1.54, 1.807) is 6.20 Å². The maximum Gasteiger partial charge on any atom is 0.220 e. The number of nitrogens with two attached hydrogens (primary N) is 1. The van der Waals surface area contributed by atoms with E-state index in [9.17, 15) is 4.79 Å². The molecule has 21 heavy (non-hydrogen) atoms. The molecule has 0 unspecified atom stereocenters. The Morgan fingerprint density at radius 3 is 3.00 bits per heavy atom. The molecule has 1 aliphatic rings. The van der Waals surface area contributed by atoms with E-state index in [4.69, 9.17) is 5.73 Å². The lowest BCUT2D eigenvalue weighted by Gasteiger charge is -2.15. The molecule has 6 heteroatoms. The van der Waals surface area contributed by atoms with Crippen LogP contribution in [-0.2, 0) is 4.79 Å². The van der Waals surface area contributed by atoms with E-state index >= 15 is 0 Å². The highest BCUT2D eigenvalue weighted by molar-refractivity contribution is 5.77. The van der Waals surface area contributed by atoms with Crippen molar-refractivity contribution < 1.29 is 4.79 Å². The Balaban J connectivity index is 1.87. The van der Waals surface area contributed by atoms with E-state index < -0.39 is 0 Å². The van der Waals surface area contributed by atoms with Gasteiger partial charge in [0.1, 0.15) is 0 Å². The van der Waals surface area contributed by atoms with Gasteiger partial charge in [0, 0.05) is 29.9 Å². The number of primary amides is 1. The van der Waals surface area contributed by atoms with Gasteiger partial charge in [0.15, 0.2) is 11.3 Å². The number of rotatable bonds is 2. The average molecular weight is 283 g/mol. The van der Waals surface area contributed by atoms with E-state index in [-0.39, 0.29) is 11.8 Å². The summed E-state index contributed by atoms with van der Waals surface area (Å²) in [6.07, 6.45) is 7.22. The minimum absolute atomic E-state index is 0.0286. The number of amides is 1. The first-order valence-corrected chi connectivity index (χ1v) is 7.24. The molecule has 3 atom stereocenters. The largest absolute Gasteiger partial charge is 0.369 e. The SMILES string of the molecule is C[C@@H]1C[C@H](C(N)=O)C[C@@H]1c1cnc2cnc3[nH]ccc3n12. The number of aromatic amines is 1. The smallest absolute Gasteiger partial charge is 0.220 e. The van der Waals surface area contributed by atoms with Crippen molar-refractivity contribution in [2.75, 3.05) is 0 Å². The molecule has 0 radical (unpaired) electrons. The summed E-state index contributed by atoms with van der Waals surface area (Å²) in [5, 5.41) is 0. The second-order valence-corrected chi connectivity index (χ2v) is 6.00. The van der Waals surface area contributed by atoms with Crippen molar-refractivity contribution in [3.63, 3.8) is 0 Å². The van der Waals surface area contributed by atoms with Gasteiger partial charge in [0.25, 0.3) is 0 Å². The van der Waals surface area contributed by atoms with Crippen LogP contribution in [-0.4, -0.2) is 25.3 Å². The Morgan fingerprint density at radius 2 is 2.24 bits per heavy atom. The molecule has 1 fully saturated rings. The third-order valence-electron chi connectivity index (χ3n) is 4.73. The van der Waals surface area contributed by atoms with Gasteiger partial charge in [-0.25, -0.2) is 9.97 Å². The lowest BCUT2D eigenvalue weighted by Crippen LogP contribution is -2.20. The first-order chi connectivity index (χ1) is 10.1. The molecule has 1 amide bonds. The molecule has 3 aromatic rings. The fourth-order valence-electron chi connectivity index (χ4n) is 3.65. The first kappa shape index (κ1) is 12.4. The van der Waals surface area contributed by atoms with Crippen LogP contribution >= 0.6 is 0 Å². The molecule has 1 aliphatic carbocycles. The second kappa shape index (κ2) is 4.31. The fraction of sp³-hybridized carbons (Fsp3) is 0.400. The third kappa shape index (κ3) is 1.75. The van der Waals surface area contributed by atoms with E-state index in [1.165, 1.54) is 0 Å². The van der Waals surface area contributed by atoms with Crippen LogP contribution in [0.3, 0.4) is 0 Å². The van der Waals surface area contributed by atoms with Crippen LogP contribution in [0.15, 0.2) is 24.7 Å². The number of hydrogen-bond donors (Lipinski definition) is 2. The van der Waals surface area contributed by atoms with Crippen molar-refractivity contribution >= 4 is 22.7 Å². The van der Waals surface area contributed by atoms with E-state index in [0.717, 1.165) is 35.3 Å². The van der Waals surface area contributed by atoms with Crippen LogP contribution in [0, 0.1) is 11.8 Å². The zero-order chi connectivity index (χ0) is 14.6. The average Bonchev–Trinajstić information content (AvgIpc) is 3.13. The summed E-state index contributed by atoms with van der Waals surface area (Å²) in [6, 6.07) is 2.01. The summed E-state index contributed by atoms with van der Waals surface area (Å²) >= 11 is 0. The van der Waals surface area contributed by atoms with Crippen molar-refractivity contribution in [1.29, 1.82) is 0 Å². The van der Waals surface area contributed by atoms with Crippen molar-refractivity contribution in [1.82, 2.24) is 19.4 Å². The Morgan fingerprint density at radius 1 is 1.38 bits per heavy atom. The van der Waals surface area contributed by atoms with Gasteiger partial charge in [-0.15, -0.1) is 0 Å². The van der Waals surface area contributed by atoms with Gasteiger partial charge < -0.3 is 10.7 Å². The number of H-pyrrole nitrogens is 1. The Labute approximate surface area is 121 Å². The van der Waals surface area contributed by atoms with Gasteiger partial charge in [-0.1, -0.05) is 6.92 Å². The monoisotopic (exact) mass is 283 g/mol. The lowest BCUT2D eigenvalue weighted by atomic mass is 9.95. The zero-order valence-corrected chi connectivity index (χ0v) is 11.8. The molecule has 0 aromatic carbocycles. The van der Waals surface area contributed by atoms with Crippen LogP contribution in [0.2, 0.25) is 0 Å². The molecule has 108 valence electrons. The van der Waals surface area contributed by atoms with Gasteiger partial charge in [0.05, 0.1) is 11.7 Å². The number of carbonyl (C=O) groups is 1. The molecule has 1 saturated carbocycles. The van der Waals surface area contributed by atoms with Crippen LogP contribution in [0.4, 0.5) is 0 Å². The normalized spacial score (nSPS) is 25.9. The number of fused-ring (bicyclic) bond motifs is 3. The molecule has 3 aromatic heterocycles. The van der Waals surface area contributed by atoms with E-state index in [0.29, 0.717) is 11.8 Å². The topological polar surface area (TPSA) is 89.1 Å². The van der Waals surface area contributed by atoms with Crippen LogP contribution in [0.1, 0.15) is 31.4 Å². The fourth-order valence-corrected chi connectivity index (χ4v) is 3.65. The predicted molar refractivity (Wildman–Crippen MR) is 78.7 cm³/mol. The van der Waals surface area contributed by atoms with E-state index in [2.05, 4.69) is 26.3 Å². The maximum absolute atomic E-state index is 11.5. The third-order valence-corrected chi connectivity index (χ3v) is 4.73. The minimum Gasteiger partial charge on any atom is -0.369 e. The highest BCUT2D eigenvalue weighted by Gasteiger charge is 2.36. The summed E-state index contributed by atoms with van der Waals surface area (Å²) in [7, 11) is 0. The second-order valence-electron chi connectivity index (χ2n) is 6.00. The number of nitrogens with one attached hydrogen (secondary N) is 1. The van der Waals surface area contributed by atoms with Crippen molar-refractivity contribution in [3.8, 4) is 0 Å². The molecule has 3 heterocycles.